The molecule has 0 aliphatic carbocycles. The second kappa shape index (κ2) is 9.73. The van der Waals surface area contributed by atoms with Gasteiger partial charge in [0.15, 0.2) is 5.75 Å². The Morgan fingerprint density at radius 2 is 1.86 bits per heavy atom. The Labute approximate surface area is 179 Å². The number of carbonyl (C=O) groups excluding carboxylic acids is 1. The zero-order valence-corrected chi connectivity index (χ0v) is 19.0. The molecule has 0 bridgehead atoms. The first-order chi connectivity index (χ1) is 13.2. The number of amides is 1. The van der Waals surface area contributed by atoms with Gasteiger partial charge in [0.1, 0.15) is 0 Å². The SMILES string of the molecule is CCOc1c(Br)cc(Cl)cc1NC(=O)c1cccc(S(=O)(=O)N(CC)CC)c1. The molecule has 0 atom stereocenters. The standard InChI is InChI=1S/C19H22BrClN2O4S/c1-4-23(5-2)28(25,26)15-9-7-8-13(10-15)19(24)22-17-12-14(21)11-16(20)18(17)27-6-3/h7-12H,4-6H2,1-3H3,(H,22,24). The fourth-order valence-corrected chi connectivity index (χ4v) is 5.08. The van der Waals surface area contributed by atoms with E-state index in [2.05, 4.69) is 21.2 Å². The third kappa shape index (κ3) is 5.05. The van der Waals surface area contributed by atoms with Crippen LogP contribution in [0, 0.1) is 0 Å². The molecule has 9 heteroatoms. The Balaban J connectivity index is 2.37. The molecule has 0 aliphatic heterocycles. The molecule has 0 saturated carbocycles. The molecule has 0 heterocycles. The van der Waals surface area contributed by atoms with E-state index in [-0.39, 0.29) is 10.5 Å². The molecule has 6 nitrogen and oxygen atoms in total. The van der Waals surface area contributed by atoms with Crippen LogP contribution in [0.4, 0.5) is 5.69 Å². The fourth-order valence-electron chi connectivity index (χ4n) is 2.65. The van der Waals surface area contributed by atoms with Crippen LogP contribution in [-0.2, 0) is 10.0 Å². The highest BCUT2D eigenvalue weighted by atomic mass is 79.9. The molecule has 0 saturated heterocycles. The predicted molar refractivity (Wildman–Crippen MR) is 115 cm³/mol. The molecule has 1 N–H and O–H groups in total. The van der Waals surface area contributed by atoms with Gasteiger partial charge < -0.3 is 10.1 Å². The molecule has 152 valence electrons. The Morgan fingerprint density at radius 3 is 2.46 bits per heavy atom. The smallest absolute Gasteiger partial charge is 0.255 e. The van der Waals surface area contributed by atoms with E-state index in [4.69, 9.17) is 16.3 Å². The molecule has 0 fully saturated rings. The molecule has 0 unspecified atom stereocenters. The van der Waals surface area contributed by atoms with Crippen molar-refractivity contribution >= 4 is 49.1 Å². The normalized spacial score (nSPS) is 11.5. The fraction of sp³-hybridized carbons (Fsp3) is 0.316. The average Bonchev–Trinajstić information content (AvgIpc) is 2.65. The molecule has 2 rings (SSSR count). The monoisotopic (exact) mass is 488 g/mol. The topological polar surface area (TPSA) is 75.7 Å². The maximum atomic E-state index is 12.7. The van der Waals surface area contributed by atoms with Crippen LogP contribution in [0.1, 0.15) is 31.1 Å². The van der Waals surface area contributed by atoms with Gasteiger partial charge in [-0.15, -0.1) is 0 Å². The van der Waals surface area contributed by atoms with Gasteiger partial charge >= 0.3 is 0 Å². The van der Waals surface area contributed by atoms with Gasteiger partial charge in [0.2, 0.25) is 10.0 Å². The van der Waals surface area contributed by atoms with Gasteiger partial charge in [0.05, 0.1) is 21.7 Å². The lowest BCUT2D eigenvalue weighted by molar-refractivity contribution is 0.102. The Bertz CT molecular complexity index is 962. The summed E-state index contributed by atoms with van der Waals surface area (Å²) in [6.07, 6.45) is 0. The summed E-state index contributed by atoms with van der Waals surface area (Å²) in [4.78, 5) is 12.8. The lowest BCUT2D eigenvalue weighted by Crippen LogP contribution is -2.30. The van der Waals surface area contributed by atoms with Crippen molar-refractivity contribution in [1.82, 2.24) is 4.31 Å². The molecule has 0 spiro atoms. The molecule has 0 aromatic heterocycles. The number of carbonyl (C=O) groups is 1. The van der Waals surface area contributed by atoms with Gasteiger partial charge in [-0.1, -0.05) is 31.5 Å². The first kappa shape index (κ1) is 22.7. The molecule has 0 aliphatic rings. The first-order valence-corrected chi connectivity index (χ1v) is 11.4. The van der Waals surface area contributed by atoms with Crippen LogP contribution in [0.5, 0.6) is 5.75 Å². The van der Waals surface area contributed by atoms with Gasteiger partial charge in [-0.25, -0.2) is 8.42 Å². The van der Waals surface area contributed by atoms with E-state index < -0.39 is 15.9 Å². The average molecular weight is 490 g/mol. The lowest BCUT2D eigenvalue weighted by atomic mass is 10.2. The van der Waals surface area contributed by atoms with Crippen molar-refractivity contribution in [3.8, 4) is 5.75 Å². The van der Waals surface area contributed by atoms with E-state index in [1.165, 1.54) is 16.4 Å². The van der Waals surface area contributed by atoms with Gasteiger partial charge in [-0.2, -0.15) is 4.31 Å². The number of ether oxygens (including phenoxy) is 1. The second-order valence-electron chi connectivity index (χ2n) is 5.77. The van der Waals surface area contributed by atoms with E-state index in [1.54, 1.807) is 38.1 Å². The zero-order valence-electron chi connectivity index (χ0n) is 15.8. The van der Waals surface area contributed by atoms with Gasteiger partial charge in [0.25, 0.3) is 5.91 Å². The van der Waals surface area contributed by atoms with Gasteiger partial charge in [0, 0.05) is 23.7 Å². The number of nitrogens with one attached hydrogen (secondary N) is 1. The quantitative estimate of drug-likeness (QED) is 0.579. The highest BCUT2D eigenvalue weighted by molar-refractivity contribution is 9.10. The summed E-state index contributed by atoms with van der Waals surface area (Å²) >= 11 is 9.45. The van der Waals surface area contributed by atoms with Crippen LogP contribution in [0.25, 0.3) is 0 Å². The Kier molecular flexibility index (Phi) is 7.88. The number of hydrogen-bond acceptors (Lipinski definition) is 4. The third-order valence-electron chi connectivity index (χ3n) is 3.98. The van der Waals surface area contributed by atoms with E-state index in [1.807, 2.05) is 6.92 Å². The van der Waals surface area contributed by atoms with Crippen molar-refractivity contribution < 1.29 is 17.9 Å². The molecule has 28 heavy (non-hydrogen) atoms. The first-order valence-electron chi connectivity index (χ1n) is 8.77. The van der Waals surface area contributed by atoms with Crippen molar-refractivity contribution in [2.45, 2.75) is 25.7 Å². The van der Waals surface area contributed by atoms with E-state index in [0.29, 0.717) is 40.6 Å². The maximum Gasteiger partial charge on any atom is 0.255 e. The van der Waals surface area contributed by atoms with Crippen LogP contribution in [0.3, 0.4) is 0 Å². The minimum Gasteiger partial charge on any atom is -0.491 e. The van der Waals surface area contributed by atoms with Crippen LogP contribution >= 0.6 is 27.5 Å². The zero-order chi connectivity index (χ0) is 20.9. The minimum atomic E-state index is -3.66. The molecule has 2 aromatic carbocycles. The summed E-state index contributed by atoms with van der Waals surface area (Å²) in [6, 6.07) is 9.18. The number of anilines is 1. The number of halogens is 2. The molecular weight excluding hydrogens is 468 g/mol. The highest BCUT2D eigenvalue weighted by Gasteiger charge is 2.23. The number of rotatable bonds is 8. The lowest BCUT2D eigenvalue weighted by Gasteiger charge is -2.19. The molecular formula is C19H22BrClN2O4S. The van der Waals surface area contributed by atoms with Crippen molar-refractivity contribution in [3.05, 3.63) is 51.5 Å². The van der Waals surface area contributed by atoms with Crippen molar-refractivity contribution in [1.29, 1.82) is 0 Å². The summed E-state index contributed by atoms with van der Waals surface area (Å²) in [5.74, 6) is -0.0149. The third-order valence-corrected chi connectivity index (χ3v) is 6.84. The summed E-state index contributed by atoms with van der Waals surface area (Å²) in [5, 5.41) is 3.16. The molecule has 0 radical (unpaired) electrons. The number of nitrogens with zero attached hydrogens (tertiary/aromatic N) is 1. The summed E-state index contributed by atoms with van der Waals surface area (Å²) in [5.41, 5.74) is 0.606. The highest BCUT2D eigenvalue weighted by Crippen LogP contribution is 2.37. The van der Waals surface area contributed by atoms with Crippen LogP contribution in [0.2, 0.25) is 5.02 Å². The van der Waals surface area contributed by atoms with E-state index in [0.717, 1.165) is 0 Å². The second-order valence-corrected chi connectivity index (χ2v) is 9.00. The van der Waals surface area contributed by atoms with Gasteiger partial charge in [-0.3, -0.25) is 4.79 Å². The Morgan fingerprint density at radius 1 is 1.18 bits per heavy atom. The van der Waals surface area contributed by atoms with E-state index in [9.17, 15) is 13.2 Å². The van der Waals surface area contributed by atoms with Crippen LogP contribution < -0.4 is 10.1 Å². The van der Waals surface area contributed by atoms with Crippen molar-refractivity contribution in [2.24, 2.45) is 0 Å². The largest absolute Gasteiger partial charge is 0.491 e. The number of sulfonamides is 1. The number of hydrogen-bond donors (Lipinski definition) is 1. The van der Waals surface area contributed by atoms with Crippen LogP contribution in [-0.4, -0.2) is 38.3 Å². The molecule has 2 aromatic rings. The van der Waals surface area contributed by atoms with Crippen molar-refractivity contribution in [2.75, 3.05) is 25.0 Å². The molecule has 1 amide bonds. The maximum absolute atomic E-state index is 12.7. The minimum absolute atomic E-state index is 0.0705. The summed E-state index contributed by atoms with van der Waals surface area (Å²) in [7, 11) is -3.66. The summed E-state index contributed by atoms with van der Waals surface area (Å²) < 4.78 is 32.9. The Hall–Kier alpha value is -1.61. The predicted octanol–water partition coefficient (Wildman–Crippen LogP) is 4.78. The summed E-state index contributed by atoms with van der Waals surface area (Å²) in [6.45, 7) is 6.47. The van der Waals surface area contributed by atoms with Gasteiger partial charge in [-0.05, 0) is 53.2 Å². The van der Waals surface area contributed by atoms with Crippen LogP contribution in [0.15, 0.2) is 45.8 Å². The van der Waals surface area contributed by atoms with Crippen molar-refractivity contribution in [3.63, 3.8) is 0 Å². The number of benzene rings is 2. The van der Waals surface area contributed by atoms with E-state index >= 15 is 0 Å².